The first-order valence-corrected chi connectivity index (χ1v) is 10.0. The molecule has 0 atom stereocenters. The molecular formula is C23H21NOS. The van der Waals surface area contributed by atoms with Crippen LogP contribution < -0.4 is 0 Å². The van der Waals surface area contributed by atoms with Crippen molar-refractivity contribution < 1.29 is 4.42 Å². The third kappa shape index (κ3) is 2.42. The molecule has 1 aromatic carbocycles. The average Bonchev–Trinajstić information content (AvgIpc) is 3.28. The highest BCUT2D eigenvalue weighted by molar-refractivity contribution is 7.19. The molecule has 0 fully saturated rings. The number of aromatic nitrogens is 1. The van der Waals surface area contributed by atoms with Crippen LogP contribution in [0.3, 0.4) is 0 Å². The second-order valence-corrected chi connectivity index (χ2v) is 8.37. The smallest absolute Gasteiger partial charge is 0.125 e. The summed E-state index contributed by atoms with van der Waals surface area (Å²) in [5.41, 5.74) is 7.52. The van der Waals surface area contributed by atoms with Crippen molar-refractivity contribution in [2.45, 2.75) is 40.0 Å². The highest BCUT2D eigenvalue weighted by atomic mass is 32.1. The molecule has 0 saturated carbocycles. The van der Waals surface area contributed by atoms with Gasteiger partial charge in [0.15, 0.2) is 0 Å². The summed E-state index contributed by atoms with van der Waals surface area (Å²) in [4.78, 5) is 7.74. The van der Waals surface area contributed by atoms with Gasteiger partial charge in [-0.15, -0.1) is 11.3 Å². The molecule has 3 heteroatoms. The van der Waals surface area contributed by atoms with E-state index in [-0.39, 0.29) is 0 Å². The Morgan fingerprint density at radius 2 is 1.77 bits per heavy atom. The zero-order valence-corrected chi connectivity index (χ0v) is 16.2. The van der Waals surface area contributed by atoms with Crippen molar-refractivity contribution >= 4 is 21.6 Å². The number of hydrogen-bond donors (Lipinski definition) is 0. The molecule has 0 spiro atoms. The summed E-state index contributed by atoms with van der Waals surface area (Å²) in [5.74, 6) is 1.87. The molecule has 0 bridgehead atoms. The minimum absolute atomic E-state index is 0.935. The van der Waals surface area contributed by atoms with E-state index in [2.05, 4.69) is 43.3 Å². The van der Waals surface area contributed by atoms with Gasteiger partial charge in [-0.05, 0) is 68.9 Å². The Morgan fingerprint density at radius 1 is 0.962 bits per heavy atom. The lowest BCUT2D eigenvalue weighted by Crippen LogP contribution is -1.90. The quantitative estimate of drug-likeness (QED) is 0.401. The molecule has 3 aromatic heterocycles. The van der Waals surface area contributed by atoms with E-state index in [0.717, 1.165) is 22.8 Å². The highest BCUT2D eigenvalue weighted by Crippen LogP contribution is 2.43. The van der Waals surface area contributed by atoms with E-state index in [1.165, 1.54) is 56.6 Å². The van der Waals surface area contributed by atoms with Crippen LogP contribution in [0, 0.1) is 20.8 Å². The number of rotatable bonds is 2. The summed E-state index contributed by atoms with van der Waals surface area (Å²) in [6, 6.07) is 13.2. The van der Waals surface area contributed by atoms with Crippen LogP contribution in [0.15, 0.2) is 40.8 Å². The molecule has 26 heavy (non-hydrogen) atoms. The highest BCUT2D eigenvalue weighted by Gasteiger charge is 2.23. The van der Waals surface area contributed by atoms with Gasteiger partial charge in [-0.3, -0.25) is 0 Å². The Kier molecular flexibility index (Phi) is 3.54. The second kappa shape index (κ2) is 5.82. The van der Waals surface area contributed by atoms with E-state index >= 15 is 0 Å². The molecule has 0 N–H and O–H groups in total. The topological polar surface area (TPSA) is 26.0 Å². The predicted octanol–water partition coefficient (Wildman–Crippen LogP) is 6.64. The minimum atomic E-state index is 0.935. The van der Waals surface area contributed by atoms with Crippen molar-refractivity contribution in [3.63, 3.8) is 0 Å². The average molecular weight is 359 g/mol. The maximum absolute atomic E-state index is 5.77. The van der Waals surface area contributed by atoms with Crippen LogP contribution in [0.2, 0.25) is 0 Å². The molecule has 5 rings (SSSR count). The number of furan rings is 1. The van der Waals surface area contributed by atoms with Gasteiger partial charge in [-0.1, -0.05) is 29.8 Å². The summed E-state index contributed by atoms with van der Waals surface area (Å²) in [6.45, 7) is 6.15. The van der Waals surface area contributed by atoms with Crippen LogP contribution in [-0.2, 0) is 12.8 Å². The second-order valence-electron chi connectivity index (χ2n) is 7.29. The van der Waals surface area contributed by atoms with Crippen LogP contribution in [0.25, 0.3) is 32.6 Å². The fraction of sp³-hybridized carbons (Fsp3) is 0.261. The van der Waals surface area contributed by atoms with Gasteiger partial charge >= 0.3 is 0 Å². The summed E-state index contributed by atoms with van der Waals surface area (Å²) in [6.07, 6.45) is 3.65. The first kappa shape index (κ1) is 15.8. The Hall–Kier alpha value is -2.39. The van der Waals surface area contributed by atoms with Gasteiger partial charge in [0, 0.05) is 15.8 Å². The molecular weight excluding hydrogens is 338 g/mol. The van der Waals surface area contributed by atoms with E-state index in [1.807, 2.05) is 25.2 Å². The molecule has 1 aliphatic carbocycles. The Bertz CT molecular complexity index is 1130. The fourth-order valence-electron chi connectivity index (χ4n) is 4.08. The molecule has 3 heterocycles. The van der Waals surface area contributed by atoms with E-state index in [9.17, 15) is 0 Å². The van der Waals surface area contributed by atoms with E-state index in [4.69, 9.17) is 9.40 Å². The molecule has 0 radical (unpaired) electrons. The van der Waals surface area contributed by atoms with Gasteiger partial charge in [-0.25, -0.2) is 4.98 Å². The molecule has 130 valence electrons. The van der Waals surface area contributed by atoms with Gasteiger partial charge in [0.25, 0.3) is 0 Å². The number of hydrogen-bond acceptors (Lipinski definition) is 3. The van der Waals surface area contributed by atoms with Gasteiger partial charge in [0.05, 0.1) is 5.69 Å². The number of fused-ring (bicyclic) bond motifs is 3. The van der Waals surface area contributed by atoms with Crippen molar-refractivity contribution in [3.05, 3.63) is 63.9 Å². The number of benzene rings is 1. The SMILES string of the molecule is Cc1ccc(-c2cc(-c3cc(C)oc3C)nc3sc4c(c23)CCC4)cc1. The van der Waals surface area contributed by atoms with Crippen molar-refractivity contribution in [1.82, 2.24) is 4.98 Å². The normalized spacial score (nSPS) is 13.5. The summed E-state index contributed by atoms with van der Waals surface area (Å²) in [7, 11) is 0. The summed E-state index contributed by atoms with van der Waals surface area (Å²) >= 11 is 1.88. The van der Waals surface area contributed by atoms with Crippen LogP contribution in [-0.4, -0.2) is 4.98 Å². The third-order valence-corrected chi connectivity index (χ3v) is 6.54. The first-order valence-electron chi connectivity index (χ1n) is 9.20. The standard InChI is InChI=1S/C23H21NOS/c1-13-7-9-16(10-8-13)19-12-20(18-11-14(2)25-15(18)3)24-23-22(19)17-5-4-6-21(17)26-23/h7-12H,4-6H2,1-3H3. The van der Waals surface area contributed by atoms with Gasteiger partial charge in [-0.2, -0.15) is 0 Å². The molecule has 1 aliphatic rings. The van der Waals surface area contributed by atoms with Gasteiger partial charge < -0.3 is 4.42 Å². The van der Waals surface area contributed by atoms with Crippen LogP contribution in [0.1, 0.15) is 33.9 Å². The van der Waals surface area contributed by atoms with Crippen LogP contribution in [0.4, 0.5) is 0 Å². The van der Waals surface area contributed by atoms with E-state index in [1.54, 1.807) is 0 Å². The lowest BCUT2D eigenvalue weighted by atomic mass is 9.97. The number of nitrogens with zero attached hydrogens (tertiary/aromatic N) is 1. The first-order chi connectivity index (χ1) is 12.6. The lowest BCUT2D eigenvalue weighted by molar-refractivity contribution is 0.505. The summed E-state index contributed by atoms with van der Waals surface area (Å²) < 4.78 is 5.77. The molecule has 0 unspecified atom stereocenters. The third-order valence-electron chi connectivity index (χ3n) is 5.35. The lowest BCUT2D eigenvalue weighted by Gasteiger charge is -2.09. The number of aryl methyl sites for hydroxylation is 5. The van der Waals surface area contributed by atoms with Crippen LogP contribution >= 0.6 is 11.3 Å². The Labute approximate surface area is 157 Å². The van der Waals surface area contributed by atoms with Crippen molar-refractivity contribution in [3.8, 4) is 22.4 Å². The number of thiophene rings is 1. The van der Waals surface area contributed by atoms with E-state index < -0.39 is 0 Å². The largest absolute Gasteiger partial charge is 0.466 e. The predicted molar refractivity (Wildman–Crippen MR) is 109 cm³/mol. The Morgan fingerprint density at radius 3 is 2.50 bits per heavy atom. The zero-order valence-electron chi connectivity index (χ0n) is 15.3. The van der Waals surface area contributed by atoms with Gasteiger partial charge in [0.2, 0.25) is 0 Å². The van der Waals surface area contributed by atoms with E-state index in [0.29, 0.717) is 0 Å². The van der Waals surface area contributed by atoms with Crippen molar-refractivity contribution in [2.24, 2.45) is 0 Å². The number of pyridine rings is 1. The zero-order chi connectivity index (χ0) is 17.8. The molecule has 0 amide bonds. The maximum atomic E-state index is 5.77. The summed E-state index contributed by atoms with van der Waals surface area (Å²) in [5, 5.41) is 1.37. The fourth-order valence-corrected chi connectivity index (χ4v) is 5.37. The van der Waals surface area contributed by atoms with Crippen LogP contribution in [0.5, 0.6) is 0 Å². The molecule has 4 aromatic rings. The van der Waals surface area contributed by atoms with Crippen molar-refractivity contribution in [1.29, 1.82) is 0 Å². The van der Waals surface area contributed by atoms with Crippen molar-refractivity contribution in [2.75, 3.05) is 0 Å². The molecule has 0 saturated heterocycles. The van der Waals surface area contributed by atoms with Gasteiger partial charge in [0.1, 0.15) is 16.4 Å². The minimum Gasteiger partial charge on any atom is -0.466 e. The molecule has 2 nitrogen and oxygen atoms in total. The monoisotopic (exact) mass is 359 g/mol. The maximum Gasteiger partial charge on any atom is 0.125 e. The molecule has 0 aliphatic heterocycles. The Balaban J connectivity index is 1.82.